The molecule has 0 atom stereocenters. The monoisotopic (exact) mass is 346 g/mol. The van der Waals surface area contributed by atoms with Crippen molar-refractivity contribution in [1.29, 1.82) is 0 Å². The van der Waals surface area contributed by atoms with Gasteiger partial charge in [-0.2, -0.15) is 5.10 Å². The number of rotatable bonds is 3. The van der Waals surface area contributed by atoms with E-state index in [-0.39, 0.29) is 11.7 Å². The molecule has 7 nitrogen and oxygen atoms in total. The highest BCUT2D eigenvalue weighted by atomic mass is 19.3. The molecule has 0 N–H and O–H groups in total. The van der Waals surface area contributed by atoms with E-state index in [1.54, 1.807) is 4.68 Å². The minimum absolute atomic E-state index is 0.129. The van der Waals surface area contributed by atoms with Crippen LogP contribution in [-0.2, 0) is 6.54 Å². The Balaban J connectivity index is 1.85. The third-order valence-electron chi connectivity index (χ3n) is 4.01. The molecule has 1 aliphatic rings. The van der Waals surface area contributed by atoms with E-state index in [9.17, 15) is 8.78 Å². The number of ether oxygens (including phenoxy) is 1. The molecule has 0 bridgehead atoms. The van der Waals surface area contributed by atoms with E-state index in [0.29, 0.717) is 41.8 Å². The maximum Gasteiger partial charge on any atom is 0.280 e. The minimum atomic E-state index is -2.65. The summed E-state index contributed by atoms with van der Waals surface area (Å²) in [6.45, 7) is 4.96. The molecule has 3 aromatic rings. The van der Waals surface area contributed by atoms with E-state index in [1.807, 2.05) is 24.6 Å². The number of hydrogen-bond acceptors (Lipinski definition) is 5. The fourth-order valence-electron chi connectivity index (χ4n) is 2.84. The summed E-state index contributed by atoms with van der Waals surface area (Å²) in [5.74, 6) is 1.65. The van der Waals surface area contributed by atoms with Crippen molar-refractivity contribution >= 4 is 0 Å². The summed E-state index contributed by atoms with van der Waals surface area (Å²) in [4.78, 5) is 12.7. The Kier molecular flexibility index (Phi) is 3.70. The molecule has 0 radical (unpaired) electrons. The Labute approximate surface area is 142 Å². The van der Waals surface area contributed by atoms with E-state index in [2.05, 4.69) is 20.1 Å². The Bertz CT molecular complexity index is 917. The summed E-state index contributed by atoms with van der Waals surface area (Å²) >= 11 is 0. The van der Waals surface area contributed by atoms with Gasteiger partial charge in [-0.3, -0.25) is 4.98 Å². The second-order valence-corrected chi connectivity index (χ2v) is 6.02. The first-order chi connectivity index (χ1) is 12.0. The van der Waals surface area contributed by atoms with Gasteiger partial charge in [0.1, 0.15) is 35.9 Å². The maximum absolute atomic E-state index is 13.0. The second-order valence-electron chi connectivity index (χ2n) is 6.02. The quantitative estimate of drug-likeness (QED) is 0.729. The number of pyridine rings is 1. The fraction of sp³-hybridized carbons (Fsp3) is 0.375. The molecule has 25 heavy (non-hydrogen) atoms. The first-order valence-corrected chi connectivity index (χ1v) is 7.93. The lowest BCUT2D eigenvalue weighted by Gasteiger charge is -2.08. The van der Waals surface area contributed by atoms with Crippen LogP contribution in [0.4, 0.5) is 8.78 Å². The molecule has 0 saturated heterocycles. The van der Waals surface area contributed by atoms with Crippen molar-refractivity contribution < 1.29 is 13.5 Å². The highest BCUT2D eigenvalue weighted by Crippen LogP contribution is 2.35. The molecule has 0 aromatic carbocycles. The number of halogens is 2. The summed E-state index contributed by atoms with van der Waals surface area (Å²) in [5, 5.41) is 4.22. The van der Waals surface area contributed by atoms with E-state index >= 15 is 0 Å². The van der Waals surface area contributed by atoms with Crippen molar-refractivity contribution in [3.05, 3.63) is 30.5 Å². The van der Waals surface area contributed by atoms with Crippen LogP contribution in [0.3, 0.4) is 0 Å². The van der Waals surface area contributed by atoms with Crippen LogP contribution in [0.15, 0.2) is 24.8 Å². The molecule has 0 aliphatic carbocycles. The summed E-state index contributed by atoms with van der Waals surface area (Å²) in [7, 11) is 0. The highest BCUT2D eigenvalue weighted by Gasteiger charge is 2.23. The molecule has 9 heteroatoms. The van der Waals surface area contributed by atoms with Crippen LogP contribution >= 0.6 is 0 Å². The van der Waals surface area contributed by atoms with Gasteiger partial charge in [-0.25, -0.2) is 23.4 Å². The van der Waals surface area contributed by atoms with Crippen LogP contribution in [0.1, 0.15) is 32.0 Å². The molecule has 0 spiro atoms. The molecule has 0 unspecified atom stereocenters. The minimum Gasteiger partial charge on any atom is -0.489 e. The van der Waals surface area contributed by atoms with Gasteiger partial charge in [0.2, 0.25) is 0 Å². The van der Waals surface area contributed by atoms with Gasteiger partial charge in [0.25, 0.3) is 6.43 Å². The molecule has 3 aromatic heterocycles. The zero-order valence-corrected chi connectivity index (χ0v) is 13.7. The van der Waals surface area contributed by atoms with Crippen molar-refractivity contribution in [2.45, 2.75) is 32.9 Å². The first-order valence-electron chi connectivity index (χ1n) is 7.93. The van der Waals surface area contributed by atoms with E-state index < -0.39 is 6.43 Å². The van der Waals surface area contributed by atoms with Crippen LogP contribution in [-0.4, -0.2) is 35.9 Å². The van der Waals surface area contributed by atoms with Crippen molar-refractivity contribution in [2.75, 3.05) is 6.61 Å². The molecule has 4 rings (SSSR count). The highest BCUT2D eigenvalue weighted by molar-refractivity contribution is 5.68. The van der Waals surface area contributed by atoms with E-state index in [4.69, 9.17) is 4.74 Å². The largest absolute Gasteiger partial charge is 0.489 e. The van der Waals surface area contributed by atoms with Crippen LogP contribution in [0.5, 0.6) is 5.75 Å². The van der Waals surface area contributed by atoms with Crippen molar-refractivity contribution in [2.24, 2.45) is 0 Å². The average Bonchev–Trinajstić information content (AvgIpc) is 3.18. The number of imidazole rings is 1. The fourth-order valence-corrected chi connectivity index (χ4v) is 2.84. The molecular weight excluding hydrogens is 330 g/mol. The Morgan fingerprint density at radius 1 is 1.20 bits per heavy atom. The van der Waals surface area contributed by atoms with E-state index in [1.165, 1.54) is 18.6 Å². The normalized spacial score (nSPS) is 13.5. The van der Waals surface area contributed by atoms with Gasteiger partial charge in [0, 0.05) is 12.2 Å². The van der Waals surface area contributed by atoms with Gasteiger partial charge in [-0.15, -0.1) is 0 Å². The van der Waals surface area contributed by atoms with Crippen LogP contribution < -0.4 is 4.74 Å². The summed E-state index contributed by atoms with van der Waals surface area (Å²) in [6, 6.07) is 1.46. The topological polar surface area (TPSA) is 70.7 Å². The molecular formula is C16H16F2N6O. The van der Waals surface area contributed by atoms with Gasteiger partial charge < -0.3 is 9.30 Å². The van der Waals surface area contributed by atoms with Gasteiger partial charge >= 0.3 is 0 Å². The Morgan fingerprint density at radius 2 is 2.04 bits per heavy atom. The van der Waals surface area contributed by atoms with Crippen molar-refractivity contribution in [3.8, 4) is 28.7 Å². The lowest BCUT2D eigenvalue weighted by molar-refractivity contribution is 0.146. The number of fused-ring (bicyclic) bond motifs is 3. The van der Waals surface area contributed by atoms with Crippen LogP contribution in [0.25, 0.3) is 22.9 Å². The van der Waals surface area contributed by atoms with Crippen molar-refractivity contribution in [1.82, 2.24) is 29.3 Å². The SMILES string of the molecule is CC(C)n1ncnc1-c1cn2c(n1)-c1cc(C(F)F)ncc1OCC2. The first kappa shape index (κ1) is 15.7. The van der Waals surface area contributed by atoms with Gasteiger partial charge in [0.15, 0.2) is 5.82 Å². The Hall–Kier alpha value is -2.84. The molecule has 130 valence electrons. The smallest absolute Gasteiger partial charge is 0.280 e. The molecule has 4 heterocycles. The zero-order valence-electron chi connectivity index (χ0n) is 13.7. The molecule has 0 saturated carbocycles. The average molecular weight is 346 g/mol. The predicted molar refractivity (Wildman–Crippen MR) is 85.3 cm³/mol. The lowest BCUT2D eigenvalue weighted by Crippen LogP contribution is -2.06. The van der Waals surface area contributed by atoms with Gasteiger partial charge in [-0.1, -0.05) is 0 Å². The Morgan fingerprint density at radius 3 is 2.80 bits per heavy atom. The summed E-state index contributed by atoms with van der Waals surface area (Å²) < 4.78 is 35.3. The van der Waals surface area contributed by atoms with Crippen LogP contribution in [0, 0.1) is 0 Å². The number of nitrogens with zero attached hydrogens (tertiary/aromatic N) is 6. The van der Waals surface area contributed by atoms with Crippen LogP contribution in [0.2, 0.25) is 0 Å². The summed E-state index contributed by atoms with van der Waals surface area (Å²) in [6.07, 6.45) is 2.01. The second kappa shape index (κ2) is 5.91. The number of hydrogen-bond donors (Lipinski definition) is 0. The number of aromatic nitrogens is 6. The van der Waals surface area contributed by atoms with Crippen molar-refractivity contribution in [3.63, 3.8) is 0 Å². The third kappa shape index (κ3) is 2.65. The summed E-state index contributed by atoms with van der Waals surface area (Å²) in [5.41, 5.74) is 0.847. The number of alkyl halides is 2. The standard InChI is InChI=1S/C16H16F2N6O/c1-9(2)24-16(20-8-21-24)12-7-23-3-4-25-13-6-19-11(14(17)18)5-10(13)15(23)22-12/h5-9,14H,3-4H2,1-2H3. The van der Waals surface area contributed by atoms with Gasteiger partial charge in [-0.05, 0) is 19.9 Å². The third-order valence-corrected chi connectivity index (χ3v) is 4.01. The predicted octanol–water partition coefficient (Wildman–Crippen LogP) is 3.11. The van der Waals surface area contributed by atoms with E-state index in [0.717, 1.165) is 0 Å². The lowest BCUT2D eigenvalue weighted by atomic mass is 10.2. The molecule has 0 fully saturated rings. The zero-order chi connectivity index (χ0) is 17.6. The maximum atomic E-state index is 13.0. The molecule has 0 amide bonds. The van der Waals surface area contributed by atoms with Gasteiger partial charge in [0.05, 0.1) is 18.3 Å². The molecule has 1 aliphatic heterocycles.